The van der Waals surface area contributed by atoms with Crippen LogP contribution in [0.1, 0.15) is 27.9 Å². The molecule has 7 nitrogen and oxygen atoms in total. The fourth-order valence-electron chi connectivity index (χ4n) is 2.31. The Morgan fingerprint density at radius 1 is 1.24 bits per heavy atom. The maximum atomic E-state index is 12.4. The second-order valence-corrected chi connectivity index (χ2v) is 5.47. The van der Waals surface area contributed by atoms with Crippen LogP contribution in [0, 0.1) is 6.92 Å². The van der Waals surface area contributed by atoms with Gasteiger partial charge >= 0.3 is 5.97 Å². The average molecular weight is 340 g/mol. The maximum absolute atomic E-state index is 12.4. The Bertz CT molecular complexity index is 803. The number of carbonyl (C=O) groups is 2. The van der Waals surface area contributed by atoms with Gasteiger partial charge in [-0.15, -0.1) is 0 Å². The van der Waals surface area contributed by atoms with E-state index in [1.54, 1.807) is 30.3 Å². The van der Waals surface area contributed by atoms with Crippen LogP contribution in [0.25, 0.3) is 0 Å². The second kappa shape index (κ2) is 8.60. The smallest absolute Gasteiger partial charge is 0.303 e. The molecule has 0 aliphatic heterocycles. The molecule has 0 heterocycles. The van der Waals surface area contributed by atoms with Gasteiger partial charge in [0.15, 0.2) is 0 Å². The number of hydrazine groups is 1. The van der Waals surface area contributed by atoms with E-state index >= 15 is 0 Å². The molecule has 0 bridgehead atoms. The van der Waals surface area contributed by atoms with Crippen LogP contribution in [0.15, 0.2) is 47.5 Å². The monoisotopic (exact) mass is 340 g/mol. The number of benzene rings is 2. The molecule has 0 saturated heterocycles. The molecule has 0 unspecified atom stereocenters. The summed E-state index contributed by atoms with van der Waals surface area (Å²) in [5.41, 5.74) is 5.86. The summed E-state index contributed by atoms with van der Waals surface area (Å²) in [5, 5.41) is 11.6. The number of hydrogen-bond donors (Lipinski definition) is 4. The van der Waals surface area contributed by atoms with Crippen molar-refractivity contribution >= 4 is 29.6 Å². The minimum Gasteiger partial charge on any atom is -0.481 e. The molecule has 25 heavy (non-hydrogen) atoms. The zero-order valence-corrected chi connectivity index (χ0v) is 13.8. The lowest BCUT2D eigenvalue weighted by Gasteiger charge is -2.10. The van der Waals surface area contributed by atoms with E-state index in [0.29, 0.717) is 23.4 Å². The van der Waals surface area contributed by atoms with Gasteiger partial charge in [-0.05, 0) is 48.7 Å². The van der Waals surface area contributed by atoms with E-state index in [0.717, 1.165) is 11.1 Å². The Hall–Kier alpha value is -3.19. The summed E-state index contributed by atoms with van der Waals surface area (Å²) in [6.45, 7) is 1.87. The Kier molecular flexibility index (Phi) is 6.25. The molecule has 0 aliphatic rings. The molecule has 2 aromatic rings. The first-order valence-corrected chi connectivity index (χ1v) is 7.71. The van der Waals surface area contributed by atoms with Gasteiger partial charge < -0.3 is 15.8 Å². The molecule has 5 N–H and O–H groups in total. The summed E-state index contributed by atoms with van der Waals surface area (Å²) in [4.78, 5) is 27.1. The highest BCUT2D eigenvalue weighted by atomic mass is 16.4. The molecule has 0 fully saturated rings. The number of carboxylic acids is 1. The third-order valence-corrected chi connectivity index (χ3v) is 3.56. The zero-order chi connectivity index (χ0) is 18.2. The highest BCUT2D eigenvalue weighted by Gasteiger charge is 2.09. The number of nitrogens with zero attached hydrogens (tertiary/aromatic N) is 1. The van der Waals surface area contributed by atoms with Gasteiger partial charge in [-0.2, -0.15) is 0 Å². The molecule has 0 radical (unpaired) electrons. The van der Waals surface area contributed by atoms with Crippen molar-refractivity contribution in [2.75, 3.05) is 5.32 Å². The lowest BCUT2D eigenvalue weighted by Crippen LogP contribution is -2.18. The molecule has 0 spiro atoms. The Labute approximate surface area is 145 Å². The summed E-state index contributed by atoms with van der Waals surface area (Å²) in [6, 6.07) is 12.3. The summed E-state index contributed by atoms with van der Waals surface area (Å²) < 4.78 is 0. The van der Waals surface area contributed by atoms with Crippen LogP contribution in [-0.2, 0) is 11.2 Å². The van der Waals surface area contributed by atoms with Gasteiger partial charge in [-0.1, -0.05) is 18.2 Å². The highest BCUT2D eigenvalue weighted by molar-refractivity contribution is 6.05. The lowest BCUT2D eigenvalue weighted by molar-refractivity contribution is -0.136. The molecule has 2 rings (SSSR count). The van der Waals surface area contributed by atoms with Crippen molar-refractivity contribution in [3.63, 3.8) is 0 Å². The Balaban J connectivity index is 2.10. The van der Waals surface area contributed by atoms with Gasteiger partial charge in [-0.3, -0.25) is 9.59 Å². The number of anilines is 1. The summed E-state index contributed by atoms with van der Waals surface area (Å²) >= 11 is 0. The van der Waals surface area contributed by atoms with Crippen molar-refractivity contribution in [1.29, 1.82) is 0 Å². The number of nitrogens with two attached hydrogens (primary N) is 1. The molecule has 0 saturated carbocycles. The second-order valence-electron chi connectivity index (χ2n) is 5.47. The molecule has 7 heteroatoms. The quantitative estimate of drug-likeness (QED) is 0.267. The molecule has 2 aromatic carbocycles. The van der Waals surface area contributed by atoms with Gasteiger partial charge in [0.2, 0.25) is 0 Å². The van der Waals surface area contributed by atoms with Crippen molar-refractivity contribution in [3.8, 4) is 0 Å². The molecular formula is C18H20N4O3. The van der Waals surface area contributed by atoms with Crippen molar-refractivity contribution in [3.05, 3.63) is 59.2 Å². The number of carboxylic acid groups (broad SMARTS) is 1. The van der Waals surface area contributed by atoms with Crippen LogP contribution >= 0.6 is 0 Å². The van der Waals surface area contributed by atoms with Crippen LogP contribution in [0.2, 0.25) is 0 Å². The number of aryl methyl sites for hydroxylation is 2. The first-order valence-electron chi connectivity index (χ1n) is 7.71. The molecule has 0 aliphatic carbocycles. The van der Waals surface area contributed by atoms with Gasteiger partial charge in [0.25, 0.3) is 5.91 Å². The van der Waals surface area contributed by atoms with E-state index in [9.17, 15) is 9.59 Å². The van der Waals surface area contributed by atoms with Crippen molar-refractivity contribution < 1.29 is 14.7 Å². The molecular weight excluding hydrogens is 320 g/mol. The van der Waals surface area contributed by atoms with E-state index in [4.69, 9.17) is 10.9 Å². The summed E-state index contributed by atoms with van der Waals surface area (Å²) in [6.07, 6.45) is 1.87. The lowest BCUT2D eigenvalue weighted by atomic mass is 10.1. The molecule has 0 aromatic heterocycles. The van der Waals surface area contributed by atoms with Crippen LogP contribution < -0.4 is 16.6 Å². The highest BCUT2D eigenvalue weighted by Crippen LogP contribution is 2.20. The van der Waals surface area contributed by atoms with Crippen molar-refractivity contribution in [2.45, 2.75) is 19.8 Å². The van der Waals surface area contributed by atoms with Crippen LogP contribution in [0.4, 0.5) is 11.4 Å². The van der Waals surface area contributed by atoms with Gasteiger partial charge in [0.1, 0.15) is 6.34 Å². The third kappa shape index (κ3) is 5.43. The van der Waals surface area contributed by atoms with E-state index in [-0.39, 0.29) is 12.3 Å². The minimum absolute atomic E-state index is 0.0795. The van der Waals surface area contributed by atoms with E-state index < -0.39 is 5.97 Å². The topological polar surface area (TPSA) is 117 Å². The SMILES string of the molecule is Cc1cc(CCC(=O)O)ccc1NC(=O)c1cccc(N=CNN)c1. The maximum Gasteiger partial charge on any atom is 0.303 e. The van der Waals surface area contributed by atoms with E-state index in [1.807, 2.05) is 19.1 Å². The molecule has 0 atom stereocenters. The van der Waals surface area contributed by atoms with Crippen LogP contribution in [0.3, 0.4) is 0 Å². The fraction of sp³-hybridized carbons (Fsp3) is 0.167. The number of carbonyl (C=O) groups excluding carboxylic acids is 1. The molecule has 1 amide bonds. The zero-order valence-electron chi connectivity index (χ0n) is 13.8. The minimum atomic E-state index is -0.831. The van der Waals surface area contributed by atoms with E-state index in [2.05, 4.69) is 15.7 Å². The number of rotatable bonds is 7. The first-order chi connectivity index (χ1) is 12.0. The van der Waals surface area contributed by atoms with Gasteiger partial charge in [0.05, 0.1) is 5.69 Å². The van der Waals surface area contributed by atoms with Gasteiger partial charge in [-0.25, -0.2) is 10.8 Å². The van der Waals surface area contributed by atoms with Crippen LogP contribution in [0.5, 0.6) is 0 Å². The third-order valence-electron chi connectivity index (χ3n) is 3.56. The average Bonchev–Trinajstić information content (AvgIpc) is 2.60. The number of aliphatic imine (C=N–C) groups is 1. The Morgan fingerprint density at radius 2 is 2.04 bits per heavy atom. The number of aliphatic carboxylic acids is 1. The normalized spacial score (nSPS) is 10.6. The number of amides is 1. The fourth-order valence-corrected chi connectivity index (χ4v) is 2.31. The predicted octanol–water partition coefficient (Wildman–Crippen LogP) is 2.39. The Morgan fingerprint density at radius 3 is 2.72 bits per heavy atom. The number of hydrogen-bond acceptors (Lipinski definition) is 4. The van der Waals surface area contributed by atoms with Crippen molar-refractivity contribution in [1.82, 2.24) is 5.43 Å². The summed E-state index contributed by atoms with van der Waals surface area (Å²) in [7, 11) is 0. The first kappa shape index (κ1) is 18.2. The van der Waals surface area contributed by atoms with E-state index in [1.165, 1.54) is 6.34 Å². The standard InChI is InChI=1S/C18H20N4O3/c1-12-9-13(6-8-17(23)24)5-7-16(12)22-18(25)14-3-2-4-15(10-14)20-11-21-19/h2-5,7,9-11H,6,8,19H2,1H3,(H,20,21)(H,22,25)(H,23,24). The van der Waals surface area contributed by atoms with Crippen LogP contribution in [-0.4, -0.2) is 23.3 Å². The predicted molar refractivity (Wildman–Crippen MR) is 97.0 cm³/mol. The summed E-state index contributed by atoms with van der Waals surface area (Å²) in [5.74, 6) is 4.05. The van der Waals surface area contributed by atoms with Crippen molar-refractivity contribution in [2.24, 2.45) is 10.8 Å². The van der Waals surface area contributed by atoms with Gasteiger partial charge in [0, 0.05) is 17.7 Å². The largest absolute Gasteiger partial charge is 0.481 e. The number of nitrogens with one attached hydrogen (secondary N) is 2. The molecule has 130 valence electrons.